The van der Waals surface area contributed by atoms with Crippen LogP contribution in [0.3, 0.4) is 0 Å². The molecule has 0 atom stereocenters. The minimum absolute atomic E-state index is 0.228. The van der Waals surface area contributed by atoms with Crippen molar-refractivity contribution in [3.63, 3.8) is 0 Å². The number of nitrogens with zero attached hydrogens (tertiary/aromatic N) is 4. The number of aromatic nitrogens is 2. The van der Waals surface area contributed by atoms with E-state index in [2.05, 4.69) is 9.97 Å². The van der Waals surface area contributed by atoms with Gasteiger partial charge in [0.25, 0.3) is 0 Å². The molecule has 1 saturated heterocycles. The Labute approximate surface area is 123 Å². The third-order valence-corrected chi connectivity index (χ3v) is 4.60. The van der Waals surface area contributed by atoms with E-state index in [-0.39, 0.29) is 4.99 Å². The average Bonchev–Trinajstić information content (AvgIpc) is 2.37. The Morgan fingerprint density at radius 1 is 1.30 bits per heavy atom. The van der Waals surface area contributed by atoms with Gasteiger partial charge >= 0.3 is 0 Å². The average molecular weight is 315 g/mol. The number of nitrogens with two attached hydrogens (primary N) is 1. The molecule has 1 fully saturated rings. The second-order valence-electron chi connectivity index (χ2n) is 4.71. The molecule has 110 valence electrons. The first-order valence-electron chi connectivity index (χ1n) is 6.13. The van der Waals surface area contributed by atoms with Gasteiger partial charge in [0, 0.05) is 31.9 Å². The van der Waals surface area contributed by atoms with Crippen molar-refractivity contribution >= 4 is 33.2 Å². The summed E-state index contributed by atoms with van der Waals surface area (Å²) in [5, 5.41) is 0. The monoisotopic (exact) mass is 315 g/mol. The molecule has 0 spiro atoms. The third-order valence-electron chi connectivity index (χ3n) is 3.09. The van der Waals surface area contributed by atoms with Gasteiger partial charge in [-0.3, -0.25) is 0 Å². The van der Waals surface area contributed by atoms with Crippen LogP contribution in [0.4, 0.5) is 5.95 Å². The van der Waals surface area contributed by atoms with Crippen LogP contribution in [0.5, 0.6) is 0 Å². The largest absolute Gasteiger partial charge is 0.388 e. The van der Waals surface area contributed by atoms with Crippen LogP contribution in [0.25, 0.3) is 0 Å². The summed E-state index contributed by atoms with van der Waals surface area (Å²) in [4.78, 5) is 10.9. The van der Waals surface area contributed by atoms with Crippen LogP contribution < -0.4 is 10.6 Å². The van der Waals surface area contributed by atoms with E-state index in [9.17, 15) is 8.42 Å². The standard InChI is InChI=1S/C11H17N5O2S2/c1-8-7-9(10(12)19)14-11(13-8)15-3-5-16(6-4-15)20(2,17)18/h7H,3-6H2,1-2H3,(H2,12,19). The zero-order valence-corrected chi connectivity index (χ0v) is 13.0. The highest BCUT2D eigenvalue weighted by Gasteiger charge is 2.25. The molecule has 2 N–H and O–H groups in total. The number of sulfonamides is 1. The smallest absolute Gasteiger partial charge is 0.226 e. The first kappa shape index (κ1) is 15.1. The predicted octanol–water partition coefficient (Wildman–Crippen LogP) is -0.499. The molecule has 7 nitrogen and oxygen atoms in total. The second kappa shape index (κ2) is 5.58. The lowest BCUT2D eigenvalue weighted by molar-refractivity contribution is 0.385. The Morgan fingerprint density at radius 3 is 2.40 bits per heavy atom. The van der Waals surface area contributed by atoms with Gasteiger partial charge in [-0.1, -0.05) is 12.2 Å². The predicted molar refractivity (Wildman–Crippen MR) is 81.3 cm³/mol. The van der Waals surface area contributed by atoms with Crippen LogP contribution in [0.15, 0.2) is 6.07 Å². The maximum atomic E-state index is 11.5. The van der Waals surface area contributed by atoms with Gasteiger partial charge in [0.1, 0.15) is 10.7 Å². The number of rotatable bonds is 3. The molecule has 1 aromatic rings. The summed E-state index contributed by atoms with van der Waals surface area (Å²) in [5.74, 6) is 0.543. The van der Waals surface area contributed by atoms with E-state index in [1.165, 1.54) is 10.6 Å². The van der Waals surface area contributed by atoms with Crippen molar-refractivity contribution in [1.29, 1.82) is 0 Å². The van der Waals surface area contributed by atoms with E-state index in [1.54, 1.807) is 6.07 Å². The topological polar surface area (TPSA) is 92.4 Å². The number of anilines is 1. The quantitative estimate of drug-likeness (QED) is 0.752. The normalized spacial score (nSPS) is 17.2. The van der Waals surface area contributed by atoms with Gasteiger partial charge < -0.3 is 10.6 Å². The van der Waals surface area contributed by atoms with Crippen molar-refractivity contribution in [2.24, 2.45) is 5.73 Å². The summed E-state index contributed by atoms with van der Waals surface area (Å²) in [7, 11) is -3.14. The molecule has 0 amide bonds. The molecule has 0 aliphatic carbocycles. The van der Waals surface area contributed by atoms with Crippen molar-refractivity contribution in [3.05, 3.63) is 17.5 Å². The highest BCUT2D eigenvalue weighted by atomic mass is 32.2. The van der Waals surface area contributed by atoms with Gasteiger partial charge in [-0.15, -0.1) is 0 Å². The van der Waals surface area contributed by atoms with Gasteiger partial charge in [-0.25, -0.2) is 18.4 Å². The highest BCUT2D eigenvalue weighted by molar-refractivity contribution is 7.88. The van der Waals surface area contributed by atoms with Gasteiger partial charge in [0.05, 0.1) is 6.26 Å². The van der Waals surface area contributed by atoms with Gasteiger partial charge in [0.2, 0.25) is 16.0 Å². The number of hydrogen-bond donors (Lipinski definition) is 1. The Kier molecular flexibility index (Phi) is 4.21. The Bertz CT molecular complexity index is 624. The van der Waals surface area contributed by atoms with Crippen LogP contribution >= 0.6 is 12.2 Å². The van der Waals surface area contributed by atoms with Crippen molar-refractivity contribution in [2.45, 2.75) is 6.92 Å². The van der Waals surface area contributed by atoms with E-state index in [0.29, 0.717) is 37.8 Å². The van der Waals surface area contributed by atoms with Crippen LogP contribution in [-0.2, 0) is 10.0 Å². The Morgan fingerprint density at radius 2 is 1.90 bits per heavy atom. The minimum Gasteiger partial charge on any atom is -0.388 e. The molecule has 9 heteroatoms. The number of thiocarbonyl (C=S) groups is 1. The molecule has 20 heavy (non-hydrogen) atoms. The molecule has 1 aliphatic heterocycles. The van der Waals surface area contributed by atoms with Gasteiger partial charge in [-0.05, 0) is 13.0 Å². The van der Waals surface area contributed by atoms with Crippen LogP contribution in [-0.4, -0.2) is 60.1 Å². The third kappa shape index (κ3) is 3.41. The van der Waals surface area contributed by atoms with Gasteiger partial charge in [0.15, 0.2) is 0 Å². The first-order chi connectivity index (χ1) is 9.27. The summed E-state index contributed by atoms with van der Waals surface area (Å²) in [6, 6.07) is 1.73. The van der Waals surface area contributed by atoms with E-state index < -0.39 is 10.0 Å². The second-order valence-corrected chi connectivity index (χ2v) is 7.13. The summed E-state index contributed by atoms with van der Waals surface area (Å²) < 4.78 is 24.4. The molecule has 0 aromatic carbocycles. The number of hydrogen-bond acceptors (Lipinski definition) is 6. The highest BCUT2D eigenvalue weighted by Crippen LogP contribution is 2.14. The minimum atomic E-state index is -3.14. The molecule has 1 aromatic heterocycles. The van der Waals surface area contributed by atoms with Crippen LogP contribution in [0, 0.1) is 6.92 Å². The summed E-state index contributed by atoms with van der Waals surface area (Å²) >= 11 is 4.93. The van der Waals surface area contributed by atoms with Crippen molar-refractivity contribution in [1.82, 2.24) is 14.3 Å². The molecule has 0 bridgehead atoms. The molecule has 2 heterocycles. The molecule has 0 unspecified atom stereocenters. The zero-order valence-electron chi connectivity index (χ0n) is 11.4. The fourth-order valence-electron chi connectivity index (χ4n) is 2.04. The SMILES string of the molecule is Cc1cc(C(N)=S)nc(N2CCN(S(C)(=O)=O)CC2)n1. The molecule has 2 rings (SSSR count). The summed E-state index contributed by atoms with van der Waals surface area (Å²) in [5.41, 5.74) is 6.91. The maximum Gasteiger partial charge on any atom is 0.226 e. The summed E-state index contributed by atoms with van der Waals surface area (Å²) in [6.45, 7) is 3.80. The maximum absolute atomic E-state index is 11.5. The summed E-state index contributed by atoms with van der Waals surface area (Å²) in [6.07, 6.45) is 1.22. The van der Waals surface area contributed by atoms with E-state index in [1.807, 2.05) is 11.8 Å². The molecular formula is C11H17N5O2S2. The fraction of sp³-hybridized carbons (Fsp3) is 0.545. The Hall–Kier alpha value is -1.32. The zero-order chi connectivity index (χ0) is 14.9. The van der Waals surface area contributed by atoms with E-state index in [0.717, 1.165) is 5.69 Å². The van der Waals surface area contributed by atoms with E-state index >= 15 is 0 Å². The lowest BCUT2D eigenvalue weighted by atomic mass is 10.3. The lowest BCUT2D eigenvalue weighted by Crippen LogP contribution is -2.49. The first-order valence-corrected chi connectivity index (χ1v) is 8.38. The lowest BCUT2D eigenvalue weighted by Gasteiger charge is -2.33. The molecule has 0 saturated carbocycles. The van der Waals surface area contributed by atoms with E-state index in [4.69, 9.17) is 18.0 Å². The van der Waals surface area contributed by atoms with Gasteiger partial charge in [-0.2, -0.15) is 4.31 Å². The molecular weight excluding hydrogens is 298 g/mol. The number of aryl methyl sites for hydroxylation is 1. The Balaban J connectivity index is 2.17. The van der Waals surface area contributed by atoms with Crippen molar-refractivity contribution < 1.29 is 8.42 Å². The van der Waals surface area contributed by atoms with Crippen molar-refractivity contribution in [2.75, 3.05) is 37.3 Å². The molecule has 1 aliphatic rings. The number of piperazine rings is 1. The fourth-order valence-corrected chi connectivity index (χ4v) is 2.97. The van der Waals surface area contributed by atoms with Crippen LogP contribution in [0.1, 0.15) is 11.4 Å². The molecule has 0 radical (unpaired) electrons. The van der Waals surface area contributed by atoms with Crippen LogP contribution in [0.2, 0.25) is 0 Å². The van der Waals surface area contributed by atoms with Crippen molar-refractivity contribution in [3.8, 4) is 0 Å².